The highest BCUT2D eigenvalue weighted by atomic mass is 32.1. The van der Waals surface area contributed by atoms with E-state index in [0.717, 1.165) is 40.9 Å². The molecule has 4 rings (SSSR count). The number of hydrogen-bond acceptors (Lipinski definition) is 4. The summed E-state index contributed by atoms with van der Waals surface area (Å²) in [4.78, 5) is 31.4. The molecule has 0 radical (unpaired) electrons. The van der Waals surface area contributed by atoms with Crippen molar-refractivity contribution in [1.82, 2.24) is 9.55 Å². The molecule has 1 aliphatic rings. The standard InChI is InChI=1S/C22H24N2O3S/c1-14-9-10-16-17(12-14)28-21-20(16)22(27)24(11-5-8-19(25)26)18(23-21)13-15-6-3-2-4-7-15/h2-4,6-7,14H,5,8-13H2,1H3,(H,25,26). The van der Waals surface area contributed by atoms with Gasteiger partial charge in [0, 0.05) is 24.3 Å². The number of rotatable bonds is 6. The first-order valence-electron chi connectivity index (χ1n) is 9.82. The number of aromatic nitrogens is 2. The van der Waals surface area contributed by atoms with E-state index in [2.05, 4.69) is 6.92 Å². The predicted molar refractivity (Wildman–Crippen MR) is 111 cm³/mol. The lowest BCUT2D eigenvalue weighted by Crippen LogP contribution is -2.26. The van der Waals surface area contributed by atoms with Crippen LogP contribution in [0, 0.1) is 5.92 Å². The molecule has 3 aromatic rings. The third-order valence-corrected chi connectivity index (χ3v) is 6.62. The Hall–Kier alpha value is -2.47. The maximum Gasteiger partial charge on any atom is 0.303 e. The highest BCUT2D eigenvalue weighted by molar-refractivity contribution is 7.18. The van der Waals surface area contributed by atoms with Gasteiger partial charge in [0.15, 0.2) is 0 Å². The van der Waals surface area contributed by atoms with Crippen molar-refractivity contribution in [2.45, 2.75) is 52.0 Å². The Morgan fingerprint density at radius 1 is 1.32 bits per heavy atom. The zero-order valence-corrected chi connectivity index (χ0v) is 16.8. The van der Waals surface area contributed by atoms with E-state index < -0.39 is 5.97 Å². The topological polar surface area (TPSA) is 72.2 Å². The number of carboxylic acid groups (broad SMARTS) is 1. The maximum atomic E-state index is 13.4. The van der Waals surface area contributed by atoms with E-state index in [4.69, 9.17) is 10.1 Å². The average Bonchev–Trinajstić information content (AvgIpc) is 3.02. The van der Waals surface area contributed by atoms with E-state index in [-0.39, 0.29) is 12.0 Å². The first kappa shape index (κ1) is 18.9. The minimum Gasteiger partial charge on any atom is -0.481 e. The van der Waals surface area contributed by atoms with E-state index >= 15 is 0 Å². The van der Waals surface area contributed by atoms with Crippen LogP contribution in [0.1, 0.15) is 48.0 Å². The Morgan fingerprint density at radius 3 is 2.86 bits per heavy atom. The van der Waals surface area contributed by atoms with Crippen LogP contribution in [0.25, 0.3) is 10.2 Å². The molecule has 1 N–H and O–H groups in total. The molecule has 2 aromatic heterocycles. The minimum atomic E-state index is -0.839. The van der Waals surface area contributed by atoms with Crippen LogP contribution in [0.2, 0.25) is 0 Å². The van der Waals surface area contributed by atoms with Crippen LogP contribution in [0.4, 0.5) is 0 Å². The summed E-state index contributed by atoms with van der Waals surface area (Å²) < 4.78 is 1.71. The van der Waals surface area contributed by atoms with Crippen molar-refractivity contribution in [3.8, 4) is 0 Å². The first-order chi connectivity index (χ1) is 13.5. The van der Waals surface area contributed by atoms with Crippen molar-refractivity contribution >= 4 is 27.5 Å². The highest BCUT2D eigenvalue weighted by Crippen LogP contribution is 2.36. The molecule has 0 amide bonds. The average molecular weight is 397 g/mol. The number of thiophene rings is 1. The highest BCUT2D eigenvalue weighted by Gasteiger charge is 2.24. The molecular formula is C22H24N2O3S. The molecular weight excluding hydrogens is 372 g/mol. The molecule has 146 valence electrons. The van der Waals surface area contributed by atoms with E-state index in [1.165, 1.54) is 10.4 Å². The molecule has 1 aromatic carbocycles. The van der Waals surface area contributed by atoms with Crippen LogP contribution in [-0.4, -0.2) is 20.6 Å². The molecule has 0 fully saturated rings. The summed E-state index contributed by atoms with van der Waals surface area (Å²) in [7, 11) is 0. The van der Waals surface area contributed by atoms with Crippen LogP contribution in [-0.2, 0) is 30.6 Å². The molecule has 1 atom stereocenters. The quantitative estimate of drug-likeness (QED) is 0.683. The Morgan fingerprint density at radius 2 is 2.11 bits per heavy atom. The fourth-order valence-corrected chi connectivity index (χ4v) is 5.39. The van der Waals surface area contributed by atoms with E-state index in [0.29, 0.717) is 25.3 Å². The zero-order chi connectivity index (χ0) is 19.7. The number of benzene rings is 1. The summed E-state index contributed by atoms with van der Waals surface area (Å²) in [6.07, 6.45) is 4.09. The van der Waals surface area contributed by atoms with Crippen LogP contribution in [0.5, 0.6) is 0 Å². The smallest absolute Gasteiger partial charge is 0.303 e. The second-order valence-corrected chi connectivity index (χ2v) is 8.76. The molecule has 2 heterocycles. The van der Waals surface area contributed by atoms with Gasteiger partial charge in [-0.05, 0) is 42.7 Å². The summed E-state index contributed by atoms with van der Waals surface area (Å²) in [5, 5.41) is 9.75. The van der Waals surface area contributed by atoms with Crippen LogP contribution in [0.15, 0.2) is 35.1 Å². The molecule has 0 spiro atoms. The van der Waals surface area contributed by atoms with Crippen molar-refractivity contribution in [3.05, 3.63) is 62.5 Å². The number of aryl methyl sites for hydroxylation is 1. The molecule has 1 aliphatic carbocycles. The Bertz CT molecular complexity index is 1070. The summed E-state index contributed by atoms with van der Waals surface area (Å²) >= 11 is 1.66. The monoisotopic (exact) mass is 396 g/mol. The molecule has 1 unspecified atom stereocenters. The lowest BCUT2D eigenvalue weighted by atomic mass is 9.89. The lowest BCUT2D eigenvalue weighted by Gasteiger charge is -2.18. The van der Waals surface area contributed by atoms with Gasteiger partial charge in [-0.15, -0.1) is 11.3 Å². The number of carboxylic acids is 1. The van der Waals surface area contributed by atoms with Gasteiger partial charge in [0.1, 0.15) is 10.7 Å². The third-order valence-electron chi connectivity index (χ3n) is 5.47. The van der Waals surface area contributed by atoms with Gasteiger partial charge in [-0.25, -0.2) is 4.98 Å². The van der Waals surface area contributed by atoms with Crippen molar-refractivity contribution in [2.24, 2.45) is 5.92 Å². The van der Waals surface area contributed by atoms with Crippen molar-refractivity contribution in [2.75, 3.05) is 0 Å². The molecule has 6 heteroatoms. The zero-order valence-electron chi connectivity index (χ0n) is 16.0. The van der Waals surface area contributed by atoms with Gasteiger partial charge in [-0.1, -0.05) is 37.3 Å². The molecule has 0 aliphatic heterocycles. The van der Waals surface area contributed by atoms with Gasteiger partial charge < -0.3 is 5.11 Å². The molecule has 5 nitrogen and oxygen atoms in total. The summed E-state index contributed by atoms with van der Waals surface area (Å²) in [6, 6.07) is 9.98. The largest absolute Gasteiger partial charge is 0.481 e. The summed E-state index contributed by atoms with van der Waals surface area (Å²) in [5.74, 6) is 0.525. The van der Waals surface area contributed by atoms with E-state index in [9.17, 15) is 9.59 Å². The Kier molecular flexibility index (Phi) is 5.31. The van der Waals surface area contributed by atoms with Gasteiger partial charge in [-0.2, -0.15) is 0 Å². The van der Waals surface area contributed by atoms with Gasteiger partial charge in [-0.3, -0.25) is 14.2 Å². The summed E-state index contributed by atoms with van der Waals surface area (Å²) in [6.45, 7) is 2.64. The van der Waals surface area contributed by atoms with Crippen LogP contribution in [0.3, 0.4) is 0 Å². The van der Waals surface area contributed by atoms with Crippen molar-refractivity contribution in [1.29, 1.82) is 0 Å². The van der Waals surface area contributed by atoms with Crippen LogP contribution < -0.4 is 5.56 Å². The van der Waals surface area contributed by atoms with Gasteiger partial charge in [0.25, 0.3) is 5.56 Å². The van der Waals surface area contributed by atoms with Crippen molar-refractivity contribution in [3.63, 3.8) is 0 Å². The Labute approximate surface area is 167 Å². The maximum absolute atomic E-state index is 13.4. The molecule has 28 heavy (non-hydrogen) atoms. The second-order valence-electron chi connectivity index (χ2n) is 7.68. The van der Waals surface area contributed by atoms with Crippen LogP contribution >= 0.6 is 11.3 Å². The molecule has 0 bridgehead atoms. The molecule has 0 saturated heterocycles. The number of fused-ring (bicyclic) bond motifs is 3. The SMILES string of the molecule is CC1CCc2c(sc3nc(Cc4ccccc4)n(CCCC(=O)O)c(=O)c23)C1. The van der Waals surface area contributed by atoms with E-state index in [1.54, 1.807) is 15.9 Å². The van der Waals surface area contributed by atoms with E-state index in [1.807, 2.05) is 30.3 Å². The fourth-order valence-electron chi connectivity index (χ4n) is 4.00. The lowest BCUT2D eigenvalue weighted by molar-refractivity contribution is -0.137. The molecule has 0 saturated carbocycles. The third kappa shape index (κ3) is 3.74. The minimum absolute atomic E-state index is 0.00614. The second kappa shape index (κ2) is 7.87. The van der Waals surface area contributed by atoms with Crippen molar-refractivity contribution < 1.29 is 9.90 Å². The van der Waals surface area contributed by atoms with Gasteiger partial charge in [0.05, 0.1) is 5.39 Å². The fraction of sp³-hybridized carbons (Fsp3) is 0.409. The van der Waals surface area contributed by atoms with Gasteiger partial charge in [0.2, 0.25) is 0 Å². The summed E-state index contributed by atoms with van der Waals surface area (Å²) in [5.41, 5.74) is 2.26. The number of hydrogen-bond donors (Lipinski definition) is 1. The van der Waals surface area contributed by atoms with Gasteiger partial charge >= 0.3 is 5.97 Å². The number of aliphatic carboxylic acids is 1. The normalized spacial score (nSPS) is 16.2. The number of nitrogens with zero attached hydrogens (tertiary/aromatic N) is 2. The number of carbonyl (C=O) groups is 1. The Balaban J connectivity index is 1.80. The predicted octanol–water partition coefficient (Wildman–Crippen LogP) is 4.04. The first-order valence-corrected chi connectivity index (χ1v) is 10.6.